The monoisotopic (exact) mass is 400 g/mol. The van der Waals surface area contributed by atoms with Crippen LogP contribution in [0.1, 0.15) is 33.6 Å². The molecule has 7 heteroatoms. The number of hydrogen-bond donors (Lipinski definition) is 3. The molecule has 0 radical (unpaired) electrons. The van der Waals surface area contributed by atoms with Gasteiger partial charge >= 0.3 is 0 Å². The van der Waals surface area contributed by atoms with E-state index in [1.54, 1.807) is 0 Å². The highest BCUT2D eigenvalue weighted by molar-refractivity contribution is 14.0. The van der Waals surface area contributed by atoms with E-state index in [0.29, 0.717) is 13.1 Å². The van der Waals surface area contributed by atoms with Crippen LogP contribution in [0.3, 0.4) is 0 Å². The predicted octanol–water partition coefficient (Wildman–Crippen LogP) is 1.11. The maximum Gasteiger partial charge on any atom is 0.216 e. The molecular formula is C13H29IN4O2. The maximum atomic E-state index is 10.7. The van der Waals surface area contributed by atoms with Crippen molar-refractivity contribution in [2.45, 2.75) is 33.6 Å². The zero-order valence-corrected chi connectivity index (χ0v) is 15.2. The van der Waals surface area contributed by atoms with Gasteiger partial charge in [0.25, 0.3) is 0 Å². The molecule has 0 aromatic heterocycles. The Labute approximate surface area is 139 Å². The summed E-state index contributed by atoms with van der Waals surface area (Å²) in [5.74, 6) is 0.781. The zero-order chi connectivity index (χ0) is 14.3. The van der Waals surface area contributed by atoms with Crippen LogP contribution in [0.25, 0.3) is 0 Å². The van der Waals surface area contributed by atoms with Crippen molar-refractivity contribution in [3.63, 3.8) is 0 Å². The summed E-state index contributed by atoms with van der Waals surface area (Å²) >= 11 is 0. The van der Waals surface area contributed by atoms with Gasteiger partial charge in [-0.2, -0.15) is 0 Å². The molecule has 0 rings (SSSR count). The second kappa shape index (κ2) is 16.5. The summed E-state index contributed by atoms with van der Waals surface area (Å²) in [6.45, 7) is 10.00. The normalized spacial score (nSPS) is 10.7. The summed E-state index contributed by atoms with van der Waals surface area (Å²) in [7, 11) is 0. The Balaban J connectivity index is 0. The highest BCUT2D eigenvalue weighted by atomic mass is 127. The third kappa shape index (κ3) is 15.5. The van der Waals surface area contributed by atoms with Gasteiger partial charge in [0.15, 0.2) is 5.96 Å². The number of aliphatic imine (C=N–C) groups is 1. The van der Waals surface area contributed by atoms with Gasteiger partial charge in [-0.15, -0.1) is 24.0 Å². The molecule has 1 amide bonds. The molecule has 0 aliphatic rings. The van der Waals surface area contributed by atoms with Crippen molar-refractivity contribution in [1.29, 1.82) is 0 Å². The number of carbonyl (C=O) groups excluding carboxylic acids is 1. The van der Waals surface area contributed by atoms with Crippen molar-refractivity contribution < 1.29 is 9.53 Å². The Morgan fingerprint density at radius 1 is 1.10 bits per heavy atom. The van der Waals surface area contributed by atoms with Crippen molar-refractivity contribution in [2.75, 3.05) is 39.4 Å². The first kappa shape index (κ1) is 21.7. The average Bonchev–Trinajstić information content (AvgIpc) is 2.38. The predicted molar refractivity (Wildman–Crippen MR) is 93.8 cm³/mol. The van der Waals surface area contributed by atoms with Crippen LogP contribution < -0.4 is 16.0 Å². The van der Waals surface area contributed by atoms with Crippen molar-refractivity contribution >= 4 is 35.8 Å². The molecule has 0 saturated heterocycles. The van der Waals surface area contributed by atoms with Gasteiger partial charge in [0.05, 0.1) is 0 Å². The number of halogens is 1. The minimum absolute atomic E-state index is 0. The Hall–Kier alpha value is -0.570. The molecule has 0 bridgehead atoms. The molecule has 20 heavy (non-hydrogen) atoms. The van der Waals surface area contributed by atoms with E-state index in [-0.39, 0.29) is 29.9 Å². The van der Waals surface area contributed by atoms with Crippen LogP contribution in [0.2, 0.25) is 0 Å². The van der Waals surface area contributed by atoms with E-state index in [4.69, 9.17) is 4.74 Å². The lowest BCUT2D eigenvalue weighted by atomic mass is 10.3. The molecule has 3 N–H and O–H groups in total. The van der Waals surface area contributed by atoms with E-state index in [1.165, 1.54) is 6.92 Å². The second-order valence-corrected chi connectivity index (χ2v) is 4.07. The molecule has 120 valence electrons. The Kier molecular flexibility index (Phi) is 17.9. The summed E-state index contributed by atoms with van der Waals surface area (Å²) < 4.78 is 5.27. The molecule has 0 aromatic carbocycles. The Morgan fingerprint density at radius 3 is 2.40 bits per heavy atom. The van der Waals surface area contributed by atoms with E-state index in [2.05, 4.69) is 20.9 Å². The topological polar surface area (TPSA) is 74.8 Å². The molecular weight excluding hydrogens is 371 g/mol. The van der Waals surface area contributed by atoms with Crippen LogP contribution >= 0.6 is 24.0 Å². The van der Waals surface area contributed by atoms with Crippen molar-refractivity contribution in [2.24, 2.45) is 4.99 Å². The smallest absolute Gasteiger partial charge is 0.216 e. The fourth-order valence-electron chi connectivity index (χ4n) is 1.41. The van der Waals surface area contributed by atoms with E-state index in [0.717, 1.165) is 45.1 Å². The molecule has 0 saturated carbocycles. The van der Waals surface area contributed by atoms with Crippen LogP contribution in [-0.4, -0.2) is 51.3 Å². The number of amides is 1. The first-order valence-corrected chi connectivity index (χ1v) is 7.05. The number of nitrogens with one attached hydrogen (secondary N) is 3. The summed E-state index contributed by atoms with van der Waals surface area (Å²) in [6.07, 6.45) is 2.05. The Bertz CT molecular complexity index is 263. The first-order valence-electron chi connectivity index (χ1n) is 7.05. The number of ether oxygens (including phenoxy) is 1. The fraction of sp³-hybridized carbons (Fsp3) is 0.846. The summed E-state index contributed by atoms with van der Waals surface area (Å²) in [4.78, 5) is 15.2. The van der Waals surface area contributed by atoms with Crippen LogP contribution in [0.5, 0.6) is 0 Å². The lowest BCUT2D eigenvalue weighted by molar-refractivity contribution is -0.118. The van der Waals surface area contributed by atoms with Gasteiger partial charge in [-0.05, 0) is 26.7 Å². The quantitative estimate of drug-likeness (QED) is 0.222. The minimum Gasteiger partial charge on any atom is -0.382 e. The largest absolute Gasteiger partial charge is 0.382 e. The van der Waals surface area contributed by atoms with Crippen molar-refractivity contribution in [3.05, 3.63) is 0 Å². The number of rotatable bonds is 10. The van der Waals surface area contributed by atoms with Gasteiger partial charge in [-0.25, -0.2) is 0 Å². The average molecular weight is 400 g/mol. The van der Waals surface area contributed by atoms with Gasteiger partial charge < -0.3 is 20.7 Å². The molecule has 0 fully saturated rings. The van der Waals surface area contributed by atoms with Crippen LogP contribution in [0, 0.1) is 0 Å². The van der Waals surface area contributed by atoms with E-state index in [1.807, 2.05) is 13.8 Å². The first-order chi connectivity index (χ1) is 9.20. The summed E-state index contributed by atoms with van der Waals surface area (Å²) in [6, 6.07) is 0. The molecule has 0 unspecified atom stereocenters. The van der Waals surface area contributed by atoms with Gasteiger partial charge in [0.2, 0.25) is 5.91 Å². The third-order valence-corrected chi connectivity index (χ3v) is 2.31. The van der Waals surface area contributed by atoms with Gasteiger partial charge in [0.1, 0.15) is 0 Å². The number of guanidine groups is 1. The fourth-order valence-corrected chi connectivity index (χ4v) is 1.41. The highest BCUT2D eigenvalue weighted by Crippen LogP contribution is 1.90. The number of nitrogens with zero attached hydrogens (tertiary/aromatic N) is 1. The second-order valence-electron chi connectivity index (χ2n) is 4.07. The zero-order valence-electron chi connectivity index (χ0n) is 12.8. The van der Waals surface area contributed by atoms with E-state index >= 15 is 0 Å². The lowest BCUT2D eigenvalue weighted by Crippen LogP contribution is -2.41. The van der Waals surface area contributed by atoms with Crippen molar-refractivity contribution in [1.82, 2.24) is 16.0 Å². The lowest BCUT2D eigenvalue weighted by Gasteiger charge is -2.11. The molecule has 0 heterocycles. The molecule has 0 aliphatic carbocycles. The maximum absolute atomic E-state index is 10.7. The van der Waals surface area contributed by atoms with Crippen LogP contribution in [0.15, 0.2) is 4.99 Å². The number of carbonyl (C=O) groups is 1. The van der Waals surface area contributed by atoms with E-state index < -0.39 is 0 Å². The molecule has 0 aliphatic heterocycles. The van der Waals surface area contributed by atoms with Crippen LogP contribution in [-0.2, 0) is 9.53 Å². The van der Waals surface area contributed by atoms with Crippen molar-refractivity contribution in [3.8, 4) is 0 Å². The van der Waals surface area contributed by atoms with Gasteiger partial charge in [-0.3, -0.25) is 9.79 Å². The summed E-state index contributed by atoms with van der Waals surface area (Å²) in [5, 5.41) is 9.07. The molecule has 6 nitrogen and oxygen atoms in total. The molecule has 0 atom stereocenters. The van der Waals surface area contributed by atoms with Gasteiger partial charge in [-0.1, -0.05) is 0 Å². The minimum atomic E-state index is -0.0142. The van der Waals surface area contributed by atoms with E-state index in [9.17, 15) is 4.79 Å². The standard InChI is InChI=1S/C13H28N4O2.HI/c1-4-14-13(17-10-9-15-12(3)18)16-8-6-7-11-19-5-2;/h4-11H2,1-3H3,(H,15,18)(H2,14,16,17);1H. The summed E-state index contributed by atoms with van der Waals surface area (Å²) in [5.41, 5.74) is 0. The number of hydrogen-bond acceptors (Lipinski definition) is 3. The molecule has 0 aromatic rings. The van der Waals surface area contributed by atoms with Gasteiger partial charge in [0, 0.05) is 46.3 Å². The third-order valence-electron chi connectivity index (χ3n) is 2.31. The molecule has 0 spiro atoms. The SMILES string of the molecule is CCNC(=NCCCCOCC)NCCNC(C)=O.I. The highest BCUT2D eigenvalue weighted by Gasteiger charge is 1.96. The number of unbranched alkanes of at least 4 members (excludes halogenated alkanes) is 1. The van der Waals surface area contributed by atoms with Crippen LogP contribution in [0.4, 0.5) is 0 Å². The Morgan fingerprint density at radius 2 is 1.80 bits per heavy atom.